The lowest BCUT2D eigenvalue weighted by Crippen LogP contribution is -2.06. The maximum atomic E-state index is 5.79. The molecular weight excluding hydrogens is 162 g/mol. The van der Waals surface area contributed by atoms with Crippen molar-refractivity contribution < 1.29 is 4.74 Å². The molecule has 2 N–H and O–H groups in total. The van der Waals surface area contributed by atoms with E-state index in [1.54, 1.807) is 13.2 Å². The molecule has 0 aromatic heterocycles. The highest BCUT2D eigenvalue weighted by atomic mass is 16.5. The van der Waals surface area contributed by atoms with Crippen LogP contribution < -0.4 is 10.5 Å². The van der Waals surface area contributed by atoms with Crippen LogP contribution in [0.15, 0.2) is 30.9 Å². The van der Waals surface area contributed by atoms with Gasteiger partial charge in [0.1, 0.15) is 5.75 Å². The van der Waals surface area contributed by atoms with Crippen molar-refractivity contribution in [1.82, 2.24) is 0 Å². The molecule has 13 heavy (non-hydrogen) atoms. The van der Waals surface area contributed by atoms with Crippen LogP contribution in [0.4, 0.5) is 0 Å². The van der Waals surface area contributed by atoms with Gasteiger partial charge in [-0.1, -0.05) is 18.2 Å². The Morgan fingerprint density at radius 3 is 2.77 bits per heavy atom. The fraction of sp³-hybridized carbons (Fsp3) is 0.273. The molecule has 1 aromatic rings. The van der Waals surface area contributed by atoms with Crippen molar-refractivity contribution in [3.8, 4) is 5.75 Å². The summed E-state index contributed by atoms with van der Waals surface area (Å²) in [6.07, 6.45) is 1.71. The molecule has 0 saturated heterocycles. The van der Waals surface area contributed by atoms with Crippen LogP contribution >= 0.6 is 0 Å². The Bertz CT molecular complexity index is 307. The molecule has 0 aliphatic carbocycles. The third-order valence-electron chi connectivity index (χ3n) is 2.07. The van der Waals surface area contributed by atoms with Crippen LogP contribution in [-0.2, 0) is 0 Å². The Morgan fingerprint density at radius 1 is 1.54 bits per heavy atom. The largest absolute Gasteiger partial charge is 0.496 e. The van der Waals surface area contributed by atoms with E-state index in [0.29, 0.717) is 0 Å². The Kier molecular flexibility index (Phi) is 3.09. The van der Waals surface area contributed by atoms with Gasteiger partial charge in [0.15, 0.2) is 0 Å². The number of nitrogens with two attached hydrogens (primary N) is 1. The lowest BCUT2D eigenvalue weighted by atomic mass is 10.1. The number of hydrogen-bond donors (Lipinski definition) is 1. The van der Waals surface area contributed by atoms with E-state index in [9.17, 15) is 0 Å². The lowest BCUT2D eigenvalue weighted by molar-refractivity contribution is 0.411. The van der Waals surface area contributed by atoms with Gasteiger partial charge in [-0.25, -0.2) is 0 Å². The molecule has 1 atom stereocenters. The van der Waals surface area contributed by atoms with E-state index < -0.39 is 0 Å². The first-order valence-corrected chi connectivity index (χ1v) is 4.21. The number of ether oxygens (including phenoxy) is 1. The van der Waals surface area contributed by atoms with Gasteiger partial charge in [0, 0.05) is 6.04 Å². The van der Waals surface area contributed by atoms with Gasteiger partial charge in [-0.2, -0.15) is 0 Å². The minimum atomic E-state index is -0.116. The molecule has 70 valence electrons. The summed E-state index contributed by atoms with van der Waals surface area (Å²) >= 11 is 0. The average molecular weight is 177 g/mol. The molecular formula is C11H15NO. The molecule has 0 heterocycles. The lowest BCUT2D eigenvalue weighted by Gasteiger charge is -2.10. The summed E-state index contributed by atoms with van der Waals surface area (Å²) in [7, 11) is 1.66. The summed E-state index contributed by atoms with van der Waals surface area (Å²) in [5.41, 5.74) is 7.93. The molecule has 0 unspecified atom stereocenters. The molecule has 0 saturated carbocycles. The van der Waals surface area contributed by atoms with Crippen LogP contribution in [0.1, 0.15) is 17.2 Å². The summed E-state index contributed by atoms with van der Waals surface area (Å²) in [4.78, 5) is 0. The van der Waals surface area contributed by atoms with E-state index in [4.69, 9.17) is 10.5 Å². The second-order valence-electron chi connectivity index (χ2n) is 2.99. The fourth-order valence-corrected chi connectivity index (χ4v) is 1.18. The zero-order valence-electron chi connectivity index (χ0n) is 8.08. The maximum Gasteiger partial charge on any atom is 0.122 e. The van der Waals surface area contributed by atoms with Gasteiger partial charge < -0.3 is 10.5 Å². The Balaban J connectivity index is 3.05. The first kappa shape index (κ1) is 9.81. The molecule has 1 aromatic carbocycles. The standard InChI is InChI=1S/C11H15NO/c1-4-10(12)9-6-5-8(2)11(7-9)13-3/h4-7,10H,1,12H2,2-3H3/t10-/m1/s1. The number of hydrogen-bond acceptors (Lipinski definition) is 2. The van der Waals surface area contributed by atoms with Crippen LogP contribution in [0.25, 0.3) is 0 Å². The molecule has 0 fully saturated rings. The number of benzene rings is 1. The third-order valence-corrected chi connectivity index (χ3v) is 2.07. The Morgan fingerprint density at radius 2 is 2.23 bits per heavy atom. The number of aryl methyl sites for hydroxylation is 1. The highest BCUT2D eigenvalue weighted by Gasteiger charge is 2.04. The van der Waals surface area contributed by atoms with Gasteiger partial charge in [0.2, 0.25) is 0 Å². The summed E-state index contributed by atoms with van der Waals surface area (Å²) in [5, 5.41) is 0. The predicted octanol–water partition coefficient (Wildman–Crippen LogP) is 2.19. The van der Waals surface area contributed by atoms with Crippen molar-refractivity contribution in [2.45, 2.75) is 13.0 Å². The monoisotopic (exact) mass is 177 g/mol. The Labute approximate surface area is 79.0 Å². The molecule has 0 amide bonds. The first-order valence-electron chi connectivity index (χ1n) is 4.21. The van der Waals surface area contributed by atoms with E-state index in [1.165, 1.54) is 0 Å². The molecule has 0 aliphatic rings. The number of rotatable bonds is 3. The molecule has 2 heteroatoms. The smallest absolute Gasteiger partial charge is 0.122 e. The summed E-state index contributed by atoms with van der Waals surface area (Å²) in [6.45, 7) is 5.65. The molecule has 0 spiro atoms. The number of methoxy groups -OCH3 is 1. The van der Waals surface area contributed by atoms with E-state index >= 15 is 0 Å². The second kappa shape index (κ2) is 4.10. The second-order valence-corrected chi connectivity index (χ2v) is 2.99. The van der Waals surface area contributed by atoms with E-state index in [-0.39, 0.29) is 6.04 Å². The van der Waals surface area contributed by atoms with Crippen LogP contribution in [0, 0.1) is 6.92 Å². The highest BCUT2D eigenvalue weighted by molar-refractivity contribution is 5.38. The zero-order valence-corrected chi connectivity index (χ0v) is 8.08. The third kappa shape index (κ3) is 2.10. The maximum absolute atomic E-state index is 5.79. The van der Waals surface area contributed by atoms with Crippen LogP contribution in [0.2, 0.25) is 0 Å². The van der Waals surface area contributed by atoms with E-state index in [0.717, 1.165) is 16.9 Å². The molecule has 0 bridgehead atoms. The summed E-state index contributed by atoms with van der Waals surface area (Å²) in [5.74, 6) is 0.870. The van der Waals surface area contributed by atoms with Crippen LogP contribution in [-0.4, -0.2) is 7.11 Å². The fourth-order valence-electron chi connectivity index (χ4n) is 1.18. The molecule has 2 nitrogen and oxygen atoms in total. The molecule has 0 aliphatic heterocycles. The molecule has 0 radical (unpaired) electrons. The van der Waals surface area contributed by atoms with Crippen molar-refractivity contribution >= 4 is 0 Å². The van der Waals surface area contributed by atoms with Gasteiger partial charge in [-0.05, 0) is 24.1 Å². The van der Waals surface area contributed by atoms with E-state index in [2.05, 4.69) is 6.58 Å². The zero-order chi connectivity index (χ0) is 9.84. The summed E-state index contributed by atoms with van der Waals surface area (Å²) in [6, 6.07) is 5.82. The first-order chi connectivity index (χ1) is 6.19. The van der Waals surface area contributed by atoms with Crippen LogP contribution in [0.3, 0.4) is 0 Å². The van der Waals surface area contributed by atoms with Crippen molar-refractivity contribution in [3.63, 3.8) is 0 Å². The topological polar surface area (TPSA) is 35.2 Å². The normalized spacial score (nSPS) is 12.2. The van der Waals surface area contributed by atoms with Gasteiger partial charge in [0.25, 0.3) is 0 Å². The predicted molar refractivity (Wildman–Crippen MR) is 54.9 cm³/mol. The van der Waals surface area contributed by atoms with Crippen LogP contribution in [0.5, 0.6) is 5.75 Å². The van der Waals surface area contributed by atoms with Crippen molar-refractivity contribution in [2.24, 2.45) is 5.73 Å². The summed E-state index contributed by atoms with van der Waals surface area (Å²) < 4.78 is 5.19. The van der Waals surface area contributed by atoms with Crippen molar-refractivity contribution in [2.75, 3.05) is 7.11 Å². The Hall–Kier alpha value is -1.28. The highest BCUT2D eigenvalue weighted by Crippen LogP contribution is 2.22. The van der Waals surface area contributed by atoms with Crippen molar-refractivity contribution in [3.05, 3.63) is 42.0 Å². The van der Waals surface area contributed by atoms with Crippen molar-refractivity contribution in [1.29, 1.82) is 0 Å². The average Bonchev–Trinajstić information content (AvgIpc) is 2.17. The van der Waals surface area contributed by atoms with E-state index in [1.807, 2.05) is 25.1 Å². The SMILES string of the molecule is C=C[C@@H](N)c1ccc(C)c(OC)c1. The molecule has 1 rings (SSSR count). The van der Waals surface area contributed by atoms with Gasteiger partial charge in [-0.15, -0.1) is 6.58 Å². The van der Waals surface area contributed by atoms with Gasteiger partial charge >= 0.3 is 0 Å². The minimum absolute atomic E-state index is 0.116. The van der Waals surface area contributed by atoms with Gasteiger partial charge in [0.05, 0.1) is 7.11 Å². The minimum Gasteiger partial charge on any atom is -0.496 e. The quantitative estimate of drug-likeness (QED) is 0.718. The van der Waals surface area contributed by atoms with Gasteiger partial charge in [-0.3, -0.25) is 0 Å².